The molecule has 2 rings (SSSR count). The summed E-state index contributed by atoms with van der Waals surface area (Å²) in [5.74, 6) is 0. The molecule has 1 N–H and O–H groups in total. The number of aryl methyl sites for hydroxylation is 2. The van der Waals surface area contributed by atoms with Crippen molar-refractivity contribution in [2.24, 2.45) is 7.05 Å². The summed E-state index contributed by atoms with van der Waals surface area (Å²) in [6.07, 6.45) is 8.52. The van der Waals surface area contributed by atoms with Gasteiger partial charge in [0.15, 0.2) is 0 Å². The van der Waals surface area contributed by atoms with Crippen LogP contribution in [-0.2, 0) is 24.8 Å². The van der Waals surface area contributed by atoms with Gasteiger partial charge in [0.05, 0.1) is 11.8 Å². The molecule has 4 nitrogen and oxygen atoms in total. The first kappa shape index (κ1) is 13.6. The minimum atomic E-state index is 0.478. The fourth-order valence-corrected chi connectivity index (χ4v) is 2.55. The van der Waals surface area contributed by atoms with Gasteiger partial charge in [0.25, 0.3) is 0 Å². The number of nitrogens with one attached hydrogen (secondary N) is 1. The summed E-state index contributed by atoms with van der Waals surface area (Å²) in [6, 6.07) is 0. The quantitative estimate of drug-likeness (QED) is 0.786. The average Bonchev–Trinajstić information content (AvgIpc) is 2.76. The Hall–Kier alpha value is -0.870. The Kier molecular flexibility index (Phi) is 5.20. The fraction of sp³-hybridized carbons (Fsp3) is 0.786. The van der Waals surface area contributed by atoms with Crippen LogP contribution in [0.3, 0.4) is 0 Å². The fourth-order valence-electron chi connectivity index (χ4n) is 2.55. The van der Waals surface area contributed by atoms with Crippen molar-refractivity contribution < 1.29 is 4.74 Å². The molecule has 0 saturated carbocycles. The second-order valence-corrected chi connectivity index (χ2v) is 5.08. The number of nitrogens with zero attached hydrogens (tertiary/aromatic N) is 2. The van der Waals surface area contributed by atoms with Crippen LogP contribution in [0, 0.1) is 0 Å². The van der Waals surface area contributed by atoms with E-state index in [0.29, 0.717) is 6.10 Å². The van der Waals surface area contributed by atoms with Crippen LogP contribution in [0.5, 0.6) is 0 Å². The maximum absolute atomic E-state index is 5.72. The highest BCUT2D eigenvalue weighted by Gasteiger charge is 2.13. The van der Waals surface area contributed by atoms with E-state index in [1.165, 1.54) is 30.5 Å². The molecule has 0 amide bonds. The molecule has 18 heavy (non-hydrogen) atoms. The lowest BCUT2D eigenvalue weighted by atomic mass is 10.1. The first-order valence-electron chi connectivity index (χ1n) is 7.13. The van der Waals surface area contributed by atoms with E-state index < -0.39 is 0 Å². The zero-order chi connectivity index (χ0) is 12.8. The van der Waals surface area contributed by atoms with Gasteiger partial charge in [-0.15, -0.1) is 0 Å². The van der Waals surface area contributed by atoms with Gasteiger partial charge in [0, 0.05) is 32.0 Å². The summed E-state index contributed by atoms with van der Waals surface area (Å²) in [7, 11) is 1.98. The van der Waals surface area contributed by atoms with Gasteiger partial charge in [0.1, 0.15) is 0 Å². The summed E-state index contributed by atoms with van der Waals surface area (Å²) >= 11 is 0. The molecule has 1 aromatic heterocycles. The molecule has 1 fully saturated rings. The lowest BCUT2D eigenvalue weighted by Crippen LogP contribution is -2.25. The number of hydrogen-bond acceptors (Lipinski definition) is 3. The van der Waals surface area contributed by atoms with Gasteiger partial charge < -0.3 is 10.1 Å². The standard InChI is InChI=1S/C14H25N3O/c1-3-14-12(11-17(2)16-14)10-15-8-7-13-6-4-5-9-18-13/h11,13,15H,3-10H2,1-2H3. The molecule has 1 atom stereocenters. The van der Waals surface area contributed by atoms with E-state index >= 15 is 0 Å². The SMILES string of the molecule is CCc1nn(C)cc1CNCCC1CCCCO1. The largest absolute Gasteiger partial charge is 0.378 e. The van der Waals surface area contributed by atoms with Gasteiger partial charge in [-0.2, -0.15) is 5.10 Å². The van der Waals surface area contributed by atoms with Crippen LogP contribution in [-0.4, -0.2) is 29.0 Å². The highest BCUT2D eigenvalue weighted by atomic mass is 16.5. The molecule has 0 radical (unpaired) electrons. The Bertz CT molecular complexity index is 356. The predicted octanol–water partition coefficient (Wildman–Crippen LogP) is 2.03. The summed E-state index contributed by atoms with van der Waals surface area (Å²) < 4.78 is 7.63. The highest BCUT2D eigenvalue weighted by Crippen LogP contribution is 2.15. The Morgan fingerprint density at radius 3 is 3.11 bits per heavy atom. The third-order valence-corrected chi connectivity index (χ3v) is 3.56. The third-order valence-electron chi connectivity index (χ3n) is 3.56. The maximum Gasteiger partial charge on any atom is 0.0666 e. The monoisotopic (exact) mass is 251 g/mol. The van der Waals surface area contributed by atoms with Gasteiger partial charge in [-0.05, 0) is 38.6 Å². The molecule has 0 aliphatic carbocycles. The number of aromatic nitrogens is 2. The van der Waals surface area contributed by atoms with E-state index in [1.807, 2.05) is 11.7 Å². The summed E-state index contributed by atoms with van der Waals surface area (Å²) in [5.41, 5.74) is 2.53. The Morgan fingerprint density at radius 1 is 1.50 bits per heavy atom. The van der Waals surface area contributed by atoms with Gasteiger partial charge in [0.2, 0.25) is 0 Å². The molecule has 0 bridgehead atoms. The number of hydrogen-bond donors (Lipinski definition) is 1. The number of rotatable bonds is 6. The zero-order valence-electron chi connectivity index (χ0n) is 11.6. The second kappa shape index (κ2) is 6.90. The van der Waals surface area contributed by atoms with Crippen LogP contribution in [0.15, 0.2) is 6.20 Å². The van der Waals surface area contributed by atoms with Gasteiger partial charge in [-0.1, -0.05) is 6.92 Å². The topological polar surface area (TPSA) is 39.1 Å². The van der Waals surface area contributed by atoms with Crippen LogP contribution in [0.4, 0.5) is 0 Å². The van der Waals surface area contributed by atoms with Crippen molar-refractivity contribution in [2.75, 3.05) is 13.2 Å². The Morgan fingerprint density at radius 2 is 2.39 bits per heavy atom. The van der Waals surface area contributed by atoms with Crippen molar-refractivity contribution in [1.29, 1.82) is 0 Å². The molecule has 0 spiro atoms. The lowest BCUT2D eigenvalue weighted by Gasteiger charge is -2.22. The molecule has 1 saturated heterocycles. The van der Waals surface area contributed by atoms with E-state index in [1.54, 1.807) is 0 Å². The molecule has 1 aliphatic rings. The van der Waals surface area contributed by atoms with E-state index in [2.05, 4.69) is 23.5 Å². The summed E-state index contributed by atoms with van der Waals surface area (Å²) in [5, 5.41) is 7.95. The van der Waals surface area contributed by atoms with Crippen molar-refractivity contribution in [3.8, 4) is 0 Å². The third kappa shape index (κ3) is 3.82. The van der Waals surface area contributed by atoms with Crippen molar-refractivity contribution in [2.45, 2.75) is 51.7 Å². The van der Waals surface area contributed by atoms with Gasteiger partial charge in [-0.3, -0.25) is 4.68 Å². The van der Waals surface area contributed by atoms with Crippen LogP contribution in [0.1, 0.15) is 43.9 Å². The lowest BCUT2D eigenvalue weighted by molar-refractivity contribution is 0.0115. The predicted molar refractivity (Wildman–Crippen MR) is 72.5 cm³/mol. The van der Waals surface area contributed by atoms with Crippen molar-refractivity contribution in [3.05, 3.63) is 17.5 Å². The van der Waals surface area contributed by atoms with Crippen LogP contribution in [0.2, 0.25) is 0 Å². The van der Waals surface area contributed by atoms with E-state index in [0.717, 1.165) is 32.5 Å². The highest BCUT2D eigenvalue weighted by molar-refractivity contribution is 5.16. The van der Waals surface area contributed by atoms with Crippen molar-refractivity contribution in [3.63, 3.8) is 0 Å². The van der Waals surface area contributed by atoms with Crippen LogP contribution >= 0.6 is 0 Å². The zero-order valence-corrected chi connectivity index (χ0v) is 11.6. The van der Waals surface area contributed by atoms with Crippen molar-refractivity contribution >= 4 is 0 Å². The number of ether oxygens (including phenoxy) is 1. The molecule has 0 aromatic carbocycles. The normalized spacial score (nSPS) is 20.2. The van der Waals surface area contributed by atoms with E-state index in [4.69, 9.17) is 4.74 Å². The molecule has 102 valence electrons. The van der Waals surface area contributed by atoms with Crippen LogP contribution < -0.4 is 5.32 Å². The molecule has 1 aromatic rings. The second-order valence-electron chi connectivity index (χ2n) is 5.08. The molecule has 1 unspecified atom stereocenters. The molecule has 1 aliphatic heterocycles. The molecular formula is C14H25N3O. The van der Waals surface area contributed by atoms with E-state index in [-0.39, 0.29) is 0 Å². The molecular weight excluding hydrogens is 226 g/mol. The van der Waals surface area contributed by atoms with E-state index in [9.17, 15) is 0 Å². The minimum absolute atomic E-state index is 0.478. The minimum Gasteiger partial charge on any atom is -0.378 e. The smallest absolute Gasteiger partial charge is 0.0666 e. The molecule has 4 heteroatoms. The summed E-state index contributed by atoms with van der Waals surface area (Å²) in [6.45, 7) is 5.06. The Labute approximate surface area is 110 Å². The molecule has 2 heterocycles. The summed E-state index contributed by atoms with van der Waals surface area (Å²) in [4.78, 5) is 0. The Balaban J connectivity index is 1.68. The van der Waals surface area contributed by atoms with Gasteiger partial charge >= 0.3 is 0 Å². The first-order valence-corrected chi connectivity index (χ1v) is 7.13. The van der Waals surface area contributed by atoms with Crippen molar-refractivity contribution in [1.82, 2.24) is 15.1 Å². The maximum atomic E-state index is 5.72. The van der Waals surface area contributed by atoms with Crippen LogP contribution in [0.25, 0.3) is 0 Å². The first-order chi connectivity index (χ1) is 8.79. The average molecular weight is 251 g/mol. The van der Waals surface area contributed by atoms with Gasteiger partial charge in [-0.25, -0.2) is 0 Å².